The monoisotopic (exact) mass is 302 g/mol. The van der Waals surface area contributed by atoms with Crippen molar-refractivity contribution in [2.75, 3.05) is 26.2 Å². The zero-order valence-electron chi connectivity index (χ0n) is 14.1. The highest BCUT2D eigenvalue weighted by molar-refractivity contribution is 5.87. The van der Waals surface area contributed by atoms with E-state index in [4.69, 9.17) is 11.5 Å². The van der Waals surface area contributed by atoms with Crippen LogP contribution in [0.2, 0.25) is 0 Å². The topological polar surface area (TPSA) is 110 Å². The molecule has 0 spiro atoms. The van der Waals surface area contributed by atoms with Crippen molar-refractivity contribution >= 4 is 11.8 Å². The smallest absolute Gasteiger partial charge is 0.223 e. The molecule has 0 aromatic rings. The van der Waals surface area contributed by atoms with Crippen molar-refractivity contribution in [3.05, 3.63) is 0 Å². The van der Waals surface area contributed by atoms with E-state index in [0.29, 0.717) is 26.2 Å². The van der Waals surface area contributed by atoms with Crippen molar-refractivity contribution in [1.82, 2.24) is 10.6 Å². The average molecular weight is 302 g/mol. The third-order valence-electron chi connectivity index (χ3n) is 3.19. The van der Waals surface area contributed by atoms with Gasteiger partial charge in [-0.05, 0) is 32.4 Å². The minimum Gasteiger partial charge on any atom is -0.356 e. The molecule has 0 aromatic carbocycles. The zero-order valence-corrected chi connectivity index (χ0v) is 14.1. The fourth-order valence-corrected chi connectivity index (χ4v) is 1.57. The Kier molecular flexibility index (Phi) is 16.1. The van der Waals surface area contributed by atoms with Crippen molar-refractivity contribution in [1.29, 1.82) is 0 Å². The van der Waals surface area contributed by atoms with Gasteiger partial charge in [-0.15, -0.1) is 0 Å². The summed E-state index contributed by atoms with van der Waals surface area (Å²) < 4.78 is 0. The molecule has 6 N–H and O–H groups in total. The first-order valence-corrected chi connectivity index (χ1v) is 8.00. The summed E-state index contributed by atoms with van der Waals surface area (Å²) in [4.78, 5) is 23.6. The molecule has 2 amide bonds. The molecule has 0 aliphatic carbocycles. The largest absolute Gasteiger partial charge is 0.356 e. The van der Waals surface area contributed by atoms with E-state index < -0.39 is 0 Å². The number of hydrogen-bond acceptors (Lipinski definition) is 4. The molecular weight excluding hydrogens is 268 g/mol. The third-order valence-corrected chi connectivity index (χ3v) is 3.19. The predicted octanol–water partition coefficient (Wildman–Crippen LogP) is 0.605. The van der Waals surface area contributed by atoms with Crippen LogP contribution in [0.25, 0.3) is 0 Å². The standard InChI is InChI=1S/C13H28N4O2.C2H6/c1-10(12(18)16-8-4-3-6-14)11(2)13(19)17-9-5-7-15;1-2/h10-11H,3-9,14-15H2,1-2H3,(H,16,18)(H,17,19);1-2H3. The molecular formula is C15H34N4O2. The van der Waals surface area contributed by atoms with Gasteiger partial charge >= 0.3 is 0 Å². The molecule has 0 aromatic heterocycles. The van der Waals surface area contributed by atoms with Crippen molar-refractivity contribution in [3.8, 4) is 0 Å². The molecule has 0 saturated carbocycles. The first-order chi connectivity index (χ1) is 10.0. The fourth-order valence-electron chi connectivity index (χ4n) is 1.57. The summed E-state index contributed by atoms with van der Waals surface area (Å²) in [6, 6.07) is 0. The van der Waals surface area contributed by atoms with Crippen LogP contribution in [-0.2, 0) is 9.59 Å². The molecule has 2 unspecified atom stereocenters. The maximum Gasteiger partial charge on any atom is 0.223 e. The molecule has 126 valence electrons. The van der Waals surface area contributed by atoms with E-state index in [9.17, 15) is 9.59 Å². The van der Waals surface area contributed by atoms with Gasteiger partial charge in [0.25, 0.3) is 0 Å². The lowest BCUT2D eigenvalue weighted by Gasteiger charge is -2.19. The Morgan fingerprint density at radius 2 is 1.19 bits per heavy atom. The van der Waals surface area contributed by atoms with Gasteiger partial charge in [-0.25, -0.2) is 0 Å². The van der Waals surface area contributed by atoms with Gasteiger partial charge in [0.05, 0.1) is 0 Å². The van der Waals surface area contributed by atoms with Crippen LogP contribution < -0.4 is 22.1 Å². The average Bonchev–Trinajstić information content (AvgIpc) is 2.51. The minimum absolute atomic E-state index is 0.0847. The summed E-state index contributed by atoms with van der Waals surface area (Å²) in [5, 5.41) is 5.61. The number of nitrogens with two attached hydrogens (primary N) is 2. The van der Waals surface area contributed by atoms with Gasteiger partial charge in [-0.2, -0.15) is 0 Å². The summed E-state index contributed by atoms with van der Waals surface area (Å²) in [6.45, 7) is 9.89. The van der Waals surface area contributed by atoms with Gasteiger partial charge in [-0.1, -0.05) is 27.7 Å². The number of nitrogens with one attached hydrogen (secondary N) is 2. The Balaban J connectivity index is 0. The van der Waals surface area contributed by atoms with Gasteiger partial charge in [0.15, 0.2) is 0 Å². The molecule has 0 bridgehead atoms. The lowest BCUT2D eigenvalue weighted by molar-refractivity contribution is -0.133. The summed E-state index contributed by atoms with van der Waals surface area (Å²) in [7, 11) is 0. The maximum absolute atomic E-state index is 11.8. The number of rotatable bonds is 10. The SMILES string of the molecule is CC.CC(C(=O)NCCCN)C(C)C(=O)NCCCCN. The second-order valence-corrected chi connectivity index (χ2v) is 4.80. The van der Waals surface area contributed by atoms with Crippen LogP contribution in [0.3, 0.4) is 0 Å². The zero-order chi connectivity index (χ0) is 16.7. The highest BCUT2D eigenvalue weighted by Gasteiger charge is 2.25. The molecule has 0 heterocycles. The van der Waals surface area contributed by atoms with Crippen LogP contribution >= 0.6 is 0 Å². The Morgan fingerprint density at radius 3 is 1.57 bits per heavy atom. The van der Waals surface area contributed by atoms with E-state index >= 15 is 0 Å². The number of hydrogen-bond donors (Lipinski definition) is 4. The van der Waals surface area contributed by atoms with Crippen LogP contribution in [0.15, 0.2) is 0 Å². The van der Waals surface area contributed by atoms with E-state index in [1.807, 2.05) is 13.8 Å². The van der Waals surface area contributed by atoms with Crippen LogP contribution in [0, 0.1) is 11.8 Å². The molecule has 6 nitrogen and oxygen atoms in total. The van der Waals surface area contributed by atoms with E-state index in [1.54, 1.807) is 13.8 Å². The molecule has 0 aliphatic heterocycles. The lowest BCUT2D eigenvalue weighted by Crippen LogP contribution is -2.40. The predicted molar refractivity (Wildman–Crippen MR) is 87.7 cm³/mol. The highest BCUT2D eigenvalue weighted by Crippen LogP contribution is 2.11. The molecule has 0 radical (unpaired) electrons. The van der Waals surface area contributed by atoms with Crippen molar-refractivity contribution in [2.24, 2.45) is 23.3 Å². The molecule has 0 saturated heterocycles. The first kappa shape index (κ1) is 22.1. The summed E-state index contributed by atoms with van der Waals surface area (Å²) >= 11 is 0. The number of unbranched alkanes of at least 4 members (excludes halogenated alkanes) is 1. The number of carbonyl (C=O) groups excluding carboxylic acids is 2. The third kappa shape index (κ3) is 11.2. The van der Waals surface area contributed by atoms with Crippen LogP contribution in [0.4, 0.5) is 0 Å². The Bertz CT molecular complexity index is 272. The van der Waals surface area contributed by atoms with E-state index in [-0.39, 0.29) is 23.7 Å². The lowest BCUT2D eigenvalue weighted by atomic mass is 9.94. The van der Waals surface area contributed by atoms with Crippen molar-refractivity contribution < 1.29 is 9.59 Å². The number of carbonyl (C=O) groups is 2. The van der Waals surface area contributed by atoms with Gasteiger partial charge < -0.3 is 22.1 Å². The second-order valence-electron chi connectivity index (χ2n) is 4.80. The summed E-state index contributed by atoms with van der Waals surface area (Å²) in [6.07, 6.45) is 2.51. The molecule has 21 heavy (non-hydrogen) atoms. The Hall–Kier alpha value is -1.14. The second kappa shape index (κ2) is 15.3. The Morgan fingerprint density at radius 1 is 0.810 bits per heavy atom. The molecule has 0 rings (SSSR count). The molecule has 6 heteroatoms. The maximum atomic E-state index is 11.8. The summed E-state index contributed by atoms with van der Waals surface area (Å²) in [5.41, 5.74) is 10.7. The quantitative estimate of drug-likeness (QED) is 0.443. The summed E-state index contributed by atoms with van der Waals surface area (Å²) in [5.74, 6) is -0.861. The van der Waals surface area contributed by atoms with Gasteiger partial charge in [-0.3, -0.25) is 9.59 Å². The molecule has 0 aliphatic rings. The fraction of sp³-hybridized carbons (Fsp3) is 0.867. The Labute approximate surface area is 129 Å². The number of amides is 2. The van der Waals surface area contributed by atoms with Crippen LogP contribution in [0.5, 0.6) is 0 Å². The normalized spacial score (nSPS) is 12.7. The van der Waals surface area contributed by atoms with E-state index in [1.165, 1.54) is 0 Å². The minimum atomic E-state index is -0.340. The van der Waals surface area contributed by atoms with Crippen molar-refractivity contribution in [3.63, 3.8) is 0 Å². The molecule has 0 fully saturated rings. The van der Waals surface area contributed by atoms with Gasteiger partial charge in [0.2, 0.25) is 11.8 Å². The molecule has 2 atom stereocenters. The first-order valence-electron chi connectivity index (χ1n) is 8.00. The highest BCUT2D eigenvalue weighted by atomic mass is 16.2. The van der Waals surface area contributed by atoms with E-state index in [2.05, 4.69) is 10.6 Å². The van der Waals surface area contributed by atoms with Gasteiger partial charge in [0.1, 0.15) is 0 Å². The van der Waals surface area contributed by atoms with Crippen LogP contribution in [0.1, 0.15) is 47.0 Å². The van der Waals surface area contributed by atoms with Gasteiger partial charge in [0, 0.05) is 24.9 Å². The van der Waals surface area contributed by atoms with Crippen molar-refractivity contribution in [2.45, 2.75) is 47.0 Å². The van der Waals surface area contributed by atoms with E-state index in [0.717, 1.165) is 19.3 Å². The van der Waals surface area contributed by atoms with Crippen LogP contribution in [-0.4, -0.2) is 38.0 Å².